The van der Waals surface area contributed by atoms with Crippen molar-refractivity contribution in [3.8, 4) is 0 Å². The van der Waals surface area contributed by atoms with Gasteiger partial charge in [-0.2, -0.15) is 0 Å². The maximum absolute atomic E-state index is 12.3. The summed E-state index contributed by atoms with van der Waals surface area (Å²) in [5.74, 6) is -0.339. The second-order valence-electron chi connectivity index (χ2n) is 5.01. The highest BCUT2D eigenvalue weighted by molar-refractivity contribution is 7.10. The summed E-state index contributed by atoms with van der Waals surface area (Å²) in [4.78, 5) is 13.0. The number of carbonyl (C=O) groups is 1. The maximum atomic E-state index is 12.3. The van der Waals surface area contributed by atoms with Crippen LogP contribution in [-0.4, -0.2) is 17.6 Å². The van der Waals surface area contributed by atoms with E-state index in [2.05, 4.69) is 5.32 Å². The molecule has 2 heterocycles. The van der Waals surface area contributed by atoms with Crippen LogP contribution in [0.15, 0.2) is 64.8 Å². The SMILES string of the molecule is O=C(NCC(O)(c1ccoc1)c1cccs1)c1ccccc1Cl. The number of hydrogen-bond donors (Lipinski definition) is 2. The van der Waals surface area contributed by atoms with E-state index in [0.29, 0.717) is 16.1 Å². The number of rotatable bonds is 5. The van der Waals surface area contributed by atoms with Gasteiger partial charge in [-0.15, -0.1) is 11.3 Å². The average Bonchev–Trinajstić information content (AvgIpc) is 3.25. The Morgan fingerprint density at radius 2 is 2.09 bits per heavy atom. The van der Waals surface area contributed by atoms with Crippen LogP contribution in [0.4, 0.5) is 0 Å². The smallest absolute Gasteiger partial charge is 0.252 e. The van der Waals surface area contributed by atoms with Gasteiger partial charge in [0.15, 0.2) is 0 Å². The fraction of sp³-hybridized carbons (Fsp3) is 0.118. The predicted octanol–water partition coefficient (Wildman–Crippen LogP) is 3.66. The molecule has 0 saturated heterocycles. The molecule has 0 saturated carbocycles. The van der Waals surface area contributed by atoms with E-state index in [1.54, 1.807) is 30.3 Å². The molecule has 0 aliphatic carbocycles. The van der Waals surface area contributed by atoms with Crippen LogP contribution in [0.1, 0.15) is 20.8 Å². The Morgan fingerprint density at radius 1 is 1.26 bits per heavy atom. The first kappa shape index (κ1) is 15.8. The normalized spacial score (nSPS) is 13.5. The van der Waals surface area contributed by atoms with Crippen LogP contribution in [0.5, 0.6) is 0 Å². The zero-order chi connectivity index (χ0) is 16.3. The van der Waals surface area contributed by atoms with Crippen LogP contribution in [0.2, 0.25) is 5.02 Å². The Morgan fingerprint density at radius 3 is 2.74 bits per heavy atom. The fourth-order valence-corrected chi connectivity index (χ4v) is 3.36. The molecule has 1 aromatic carbocycles. The van der Waals surface area contributed by atoms with E-state index >= 15 is 0 Å². The van der Waals surface area contributed by atoms with Crippen molar-refractivity contribution in [2.45, 2.75) is 5.60 Å². The summed E-state index contributed by atoms with van der Waals surface area (Å²) in [5.41, 5.74) is -0.396. The Kier molecular flexibility index (Phi) is 4.52. The van der Waals surface area contributed by atoms with Crippen LogP contribution in [0.25, 0.3) is 0 Å². The third kappa shape index (κ3) is 3.17. The predicted molar refractivity (Wildman–Crippen MR) is 89.8 cm³/mol. The number of amides is 1. The number of aliphatic hydroxyl groups is 1. The van der Waals surface area contributed by atoms with E-state index in [-0.39, 0.29) is 12.5 Å². The summed E-state index contributed by atoms with van der Waals surface area (Å²) >= 11 is 7.44. The van der Waals surface area contributed by atoms with Gasteiger partial charge in [0.05, 0.1) is 29.7 Å². The van der Waals surface area contributed by atoms with Gasteiger partial charge in [0.1, 0.15) is 5.60 Å². The van der Waals surface area contributed by atoms with Crippen LogP contribution in [0.3, 0.4) is 0 Å². The molecule has 6 heteroatoms. The van der Waals surface area contributed by atoms with Gasteiger partial charge < -0.3 is 14.8 Å². The highest BCUT2D eigenvalue weighted by Crippen LogP contribution is 2.32. The molecule has 2 aromatic heterocycles. The Labute approximate surface area is 142 Å². The molecule has 1 unspecified atom stereocenters. The molecule has 4 nitrogen and oxygen atoms in total. The lowest BCUT2D eigenvalue weighted by atomic mass is 9.94. The van der Waals surface area contributed by atoms with E-state index in [4.69, 9.17) is 16.0 Å². The lowest BCUT2D eigenvalue weighted by Crippen LogP contribution is -2.41. The van der Waals surface area contributed by atoms with E-state index in [9.17, 15) is 9.90 Å². The van der Waals surface area contributed by atoms with Crippen molar-refractivity contribution in [1.82, 2.24) is 5.32 Å². The molecular formula is C17H14ClNO3S. The second-order valence-corrected chi connectivity index (χ2v) is 6.37. The van der Waals surface area contributed by atoms with E-state index < -0.39 is 5.60 Å². The van der Waals surface area contributed by atoms with Crippen molar-refractivity contribution < 1.29 is 14.3 Å². The number of carbonyl (C=O) groups excluding carboxylic acids is 1. The minimum atomic E-state index is -1.35. The van der Waals surface area contributed by atoms with Crippen molar-refractivity contribution in [3.05, 3.63) is 81.4 Å². The third-order valence-corrected chi connectivity index (χ3v) is 4.90. The quantitative estimate of drug-likeness (QED) is 0.740. The van der Waals surface area contributed by atoms with Gasteiger partial charge in [-0.05, 0) is 29.6 Å². The zero-order valence-electron chi connectivity index (χ0n) is 12.0. The molecule has 0 bridgehead atoms. The van der Waals surface area contributed by atoms with Gasteiger partial charge in [-0.3, -0.25) is 4.79 Å². The van der Waals surface area contributed by atoms with Crippen LogP contribution in [-0.2, 0) is 5.60 Å². The van der Waals surface area contributed by atoms with Gasteiger partial charge in [-0.25, -0.2) is 0 Å². The third-order valence-electron chi connectivity index (χ3n) is 3.55. The first-order chi connectivity index (χ1) is 11.1. The molecule has 0 spiro atoms. The number of halogens is 1. The van der Waals surface area contributed by atoms with Gasteiger partial charge in [0, 0.05) is 10.4 Å². The number of hydrogen-bond acceptors (Lipinski definition) is 4. The van der Waals surface area contributed by atoms with Crippen molar-refractivity contribution in [3.63, 3.8) is 0 Å². The highest BCUT2D eigenvalue weighted by atomic mass is 35.5. The molecule has 23 heavy (non-hydrogen) atoms. The Balaban J connectivity index is 1.84. The first-order valence-corrected chi connectivity index (χ1v) is 8.19. The standard InChI is InChI=1S/C17H14ClNO3S/c18-14-5-2-1-4-13(14)16(20)19-11-17(21,12-7-8-22-10-12)15-6-3-9-23-15/h1-10,21H,11H2,(H,19,20). The minimum Gasteiger partial charge on any atom is -0.472 e. The summed E-state index contributed by atoms with van der Waals surface area (Å²) in [7, 11) is 0. The van der Waals surface area contributed by atoms with E-state index in [0.717, 1.165) is 4.88 Å². The monoisotopic (exact) mass is 347 g/mol. The maximum Gasteiger partial charge on any atom is 0.252 e. The van der Waals surface area contributed by atoms with Crippen LogP contribution in [0, 0.1) is 0 Å². The Bertz CT molecular complexity index is 750. The molecule has 118 valence electrons. The molecule has 0 aliphatic rings. The first-order valence-electron chi connectivity index (χ1n) is 6.93. The number of thiophene rings is 1. The largest absolute Gasteiger partial charge is 0.472 e. The van der Waals surface area contributed by atoms with Gasteiger partial charge in [0.25, 0.3) is 5.91 Å². The van der Waals surface area contributed by atoms with Gasteiger partial charge in [0.2, 0.25) is 0 Å². The molecule has 0 radical (unpaired) electrons. The summed E-state index contributed by atoms with van der Waals surface area (Å²) in [6.45, 7) is 0.0110. The van der Waals surface area contributed by atoms with Crippen molar-refractivity contribution >= 4 is 28.8 Å². The molecule has 1 amide bonds. The summed E-state index contributed by atoms with van der Waals surface area (Å²) in [6, 6.07) is 12.1. The molecule has 0 fully saturated rings. The molecule has 3 rings (SSSR count). The average molecular weight is 348 g/mol. The fourth-order valence-electron chi connectivity index (χ4n) is 2.29. The number of furan rings is 1. The lowest BCUT2D eigenvalue weighted by Gasteiger charge is -2.26. The molecule has 3 aromatic rings. The molecule has 2 N–H and O–H groups in total. The zero-order valence-corrected chi connectivity index (χ0v) is 13.6. The lowest BCUT2D eigenvalue weighted by molar-refractivity contribution is 0.0714. The summed E-state index contributed by atoms with van der Waals surface area (Å²) in [6.07, 6.45) is 2.96. The number of benzene rings is 1. The van der Waals surface area contributed by atoms with Crippen molar-refractivity contribution in [2.24, 2.45) is 0 Å². The Hall–Kier alpha value is -2.08. The molecule has 0 aliphatic heterocycles. The molecular weight excluding hydrogens is 334 g/mol. The van der Waals surface area contributed by atoms with E-state index in [1.165, 1.54) is 23.9 Å². The van der Waals surface area contributed by atoms with Gasteiger partial charge in [-0.1, -0.05) is 29.8 Å². The van der Waals surface area contributed by atoms with Gasteiger partial charge >= 0.3 is 0 Å². The molecule has 1 atom stereocenters. The van der Waals surface area contributed by atoms with Crippen molar-refractivity contribution in [2.75, 3.05) is 6.54 Å². The number of nitrogens with one attached hydrogen (secondary N) is 1. The second kappa shape index (κ2) is 6.58. The van der Waals surface area contributed by atoms with Crippen LogP contribution < -0.4 is 5.32 Å². The summed E-state index contributed by atoms with van der Waals surface area (Å²) in [5, 5.41) is 16.1. The van der Waals surface area contributed by atoms with E-state index in [1.807, 2.05) is 17.5 Å². The summed E-state index contributed by atoms with van der Waals surface area (Å²) < 4.78 is 5.08. The highest BCUT2D eigenvalue weighted by Gasteiger charge is 2.34. The van der Waals surface area contributed by atoms with Crippen molar-refractivity contribution in [1.29, 1.82) is 0 Å². The van der Waals surface area contributed by atoms with Crippen LogP contribution >= 0.6 is 22.9 Å². The topological polar surface area (TPSA) is 62.5 Å². The minimum absolute atomic E-state index is 0.0110.